The molecule has 0 spiro atoms. The lowest BCUT2D eigenvalue weighted by molar-refractivity contribution is -0.150. The van der Waals surface area contributed by atoms with Crippen LogP contribution in [0.15, 0.2) is 24.3 Å². The number of piperidine rings is 1. The predicted octanol–water partition coefficient (Wildman–Crippen LogP) is 1.77. The Morgan fingerprint density at radius 2 is 2.20 bits per heavy atom. The minimum Gasteiger partial charge on any atom is -0.491 e. The number of aliphatic hydroxyl groups is 1. The number of carbonyl (C=O) groups is 1. The van der Waals surface area contributed by atoms with Gasteiger partial charge in [0.05, 0.1) is 25.0 Å². The maximum atomic E-state index is 11.9. The Labute approximate surface area is 149 Å². The van der Waals surface area contributed by atoms with Crippen LogP contribution < -0.4 is 4.74 Å². The average Bonchev–Trinajstić information content (AvgIpc) is 2.62. The Bertz CT molecular complexity index is 582. The van der Waals surface area contributed by atoms with E-state index in [4.69, 9.17) is 14.7 Å². The number of hydrogen-bond donors (Lipinski definition) is 1. The standard InChI is InChI=1S/C19H26N2O4/c1-2-24-19(23)16-4-3-11-21(12-16)13-17(22)14-25-18-7-5-15(6-8-18)9-10-20/h5-8,16-17,22H,2-4,9,11-14H2,1H3. The van der Waals surface area contributed by atoms with E-state index in [1.165, 1.54) is 0 Å². The second-order valence-electron chi connectivity index (χ2n) is 6.29. The normalized spacial score (nSPS) is 19.0. The van der Waals surface area contributed by atoms with Gasteiger partial charge in [-0.1, -0.05) is 12.1 Å². The number of aliphatic hydroxyl groups excluding tert-OH is 1. The van der Waals surface area contributed by atoms with Crippen molar-refractivity contribution in [1.29, 1.82) is 5.26 Å². The van der Waals surface area contributed by atoms with Gasteiger partial charge in [-0.25, -0.2) is 0 Å². The van der Waals surface area contributed by atoms with Gasteiger partial charge < -0.3 is 14.6 Å². The second kappa shape index (κ2) is 10.0. The Morgan fingerprint density at radius 3 is 2.88 bits per heavy atom. The molecule has 1 aromatic carbocycles. The van der Waals surface area contributed by atoms with Crippen LogP contribution in [0.2, 0.25) is 0 Å². The third-order valence-corrected chi connectivity index (χ3v) is 4.24. The lowest BCUT2D eigenvalue weighted by atomic mass is 9.98. The molecule has 6 nitrogen and oxygen atoms in total. The first-order chi connectivity index (χ1) is 12.1. The zero-order valence-corrected chi connectivity index (χ0v) is 14.7. The van der Waals surface area contributed by atoms with Gasteiger partial charge >= 0.3 is 5.97 Å². The van der Waals surface area contributed by atoms with Gasteiger partial charge in [0.15, 0.2) is 0 Å². The number of carbonyl (C=O) groups excluding carboxylic acids is 1. The van der Waals surface area contributed by atoms with Gasteiger partial charge in [-0.05, 0) is 44.0 Å². The molecule has 0 aromatic heterocycles. The molecule has 1 aromatic rings. The molecule has 0 amide bonds. The number of esters is 1. The van der Waals surface area contributed by atoms with Crippen molar-refractivity contribution in [2.75, 3.05) is 32.8 Å². The van der Waals surface area contributed by atoms with Gasteiger partial charge in [0.25, 0.3) is 0 Å². The van der Waals surface area contributed by atoms with E-state index in [1.807, 2.05) is 19.1 Å². The summed E-state index contributed by atoms with van der Waals surface area (Å²) in [5.74, 6) is 0.425. The van der Waals surface area contributed by atoms with Crippen molar-refractivity contribution in [2.24, 2.45) is 5.92 Å². The minimum atomic E-state index is -0.625. The molecule has 0 saturated carbocycles. The van der Waals surface area contributed by atoms with E-state index in [1.54, 1.807) is 12.1 Å². The highest BCUT2D eigenvalue weighted by atomic mass is 16.5. The summed E-state index contributed by atoms with van der Waals surface area (Å²) < 4.78 is 10.7. The number of β-amino-alcohol motifs (C(OH)–C–C–N with tert-alkyl or cyclic N) is 1. The molecular weight excluding hydrogens is 320 g/mol. The van der Waals surface area contributed by atoms with Gasteiger partial charge in [-0.3, -0.25) is 9.69 Å². The highest BCUT2D eigenvalue weighted by Crippen LogP contribution is 2.18. The molecule has 0 bridgehead atoms. The van der Waals surface area contributed by atoms with Crippen LogP contribution >= 0.6 is 0 Å². The van der Waals surface area contributed by atoms with Crippen LogP contribution in [-0.4, -0.2) is 54.9 Å². The van der Waals surface area contributed by atoms with Gasteiger partial charge in [-0.2, -0.15) is 5.26 Å². The van der Waals surface area contributed by atoms with E-state index in [0.717, 1.165) is 24.9 Å². The second-order valence-corrected chi connectivity index (χ2v) is 6.29. The molecule has 6 heteroatoms. The summed E-state index contributed by atoms with van der Waals surface area (Å²) >= 11 is 0. The SMILES string of the molecule is CCOC(=O)C1CCCN(CC(O)COc2ccc(CC#N)cc2)C1. The van der Waals surface area contributed by atoms with Crippen LogP contribution in [-0.2, 0) is 16.0 Å². The molecule has 1 aliphatic heterocycles. The zero-order valence-electron chi connectivity index (χ0n) is 14.7. The van der Waals surface area contributed by atoms with E-state index >= 15 is 0 Å². The first kappa shape index (κ1) is 19.2. The number of ether oxygens (including phenoxy) is 2. The lowest BCUT2D eigenvalue weighted by Gasteiger charge is -2.32. The topological polar surface area (TPSA) is 82.8 Å². The Kier molecular flexibility index (Phi) is 7.71. The Morgan fingerprint density at radius 1 is 1.44 bits per heavy atom. The molecule has 1 fully saturated rings. The van der Waals surface area contributed by atoms with E-state index in [9.17, 15) is 9.90 Å². The van der Waals surface area contributed by atoms with Crippen LogP contribution in [0, 0.1) is 17.2 Å². The largest absolute Gasteiger partial charge is 0.491 e. The Hall–Kier alpha value is -2.10. The van der Waals surface area contributed by atoms with E-state index in [2.05, 4.69) is 11.0 Å². The number of benzene rings is 1. The van der Waals surface area contributed by atoms with Gasteiger partial charge in [-0.15, -0.1) is 0 Å². The highest BCUT2D eigenvalue weighted by molar-refractivity contribution is 5.72. The molecule has 1 heterocycles. The van der Waals surface area contributed by atoms with Crippen molar-refractivity contribution in [3.05, 3.63) is 29.8 Å². The van der Waals surface area contributed by atoms with Gasteiger partial charge in [0, 0.05) is 13.1 Å². The molecule has 1 saturated heterocycles. The minimum absolute atomic E-state index is 0.102. The summed E-state index contributed by atoms with van der Waals surface area (Å²) in [4.78, 5) is 14.0. The molecule has 1 N–H and O–H groups in total. The van der Waals surface area contributed by atoms with Gasteiger partial charge in [0.2, 0.25) is 0 Å². The lowest BCUT2D eigenvalue weighted by Crippen LogP contribution is -2.44. The van der Waals surface area contributed by atoms with E-state index in [0.29, 0.717) is 31.9 Å². The molecule has 1 aliphatic rings. The molecule has 0 aliphatic carbocycles. The fraction of sp³-hybridized carbons (Fsp3) is 0.579. The van der Waals surface area contributed by atoms with Crippen LogP contribution in [0.4, 0.5) is 0 Å². The summed E-state index contributed by atoms with van der Waals surface area (Å²) in [7, 11) is 0. The summed E-state index contributed by atoms with van der Waals surface area (Å²) in [6, 6.07) is 9.40. The summed E-state index contributed by atoms with van der Waals surface area (Å²) in [6.45, 7) is 4.38. The number of nitriles is 1. The first-order valence-electron chi connectivity index (χ1n) is 8.78. The number of likely N-dealkylation sites (tertiary alicyclic amines) is 1. The van der Waals surface area contributed by atoms with Crippen LogP contribution in [0.3, 0.4) is 0 Å². The quantitative estimate of drug-likeness (QED) is 0.722. The maximum Gasteiger partial charge on any atom is 0.310 e. The maximum absolute atomic E-state index is 11.9. The zero-order chi connectivity index (χ0) is 18.1. The first-order valence-corrected chi connectivity index (χ1v) is 8.78. The number of nitrogens with zero attached hydrogens (tertiary/aromatic N) is 2. The fourth-order valence-corrected chi connectivity index (χ4v) is 3.01. The van der Waals surface area contributed by atoms with Crippen LogP contribution in [0.25, 0.3) is 0 Å². The van der Waals surface area contributed by atoms with Crippen LogP contribution in [0.5, 0.6) is 5.75 Å². The predicted molar refractivity (Wildman–Crippen MR) is 93.1 cm³/mol. The monoisotopic (exact) mass is 346 g/mol. The van der Waals surface area contributed by atoms with Crippen molar-refractivity contribution < 1.29 is 19.4 Å². The van der Waals surface area contributed by atoms with Crippen molar-refractivity contribution in [3.63, 3.8) is 0 Å². The molecule has 2 rings (SSSR count). The summed E-state index contributed by atoms with van der Waals surface area (Å²) in [6.07, 6.45) is 1.52. The van der Waals surface area contributed by atoms with E-state index in [-0.39, 0.29) is 18.5 Å². The summed E-state index contributed by atoms with van der Waals surface area (Å²) in [5.41, 5.74) is 0.939. The molecule has 2 atom stereocenters. The molecule has 25 heavy (non-hydrogen) atoms. The van der Waals surface area contributed by atoms with Crippen molar-refractivity contribution >= 4 is 5.97 Å². The van der Waals surface area contributed by atoms with E-state index < -0.39 is 6.10 Å². The molecule has 2 unspecified atom stereocenters. The van der Waals surface area contributed by atoms with Crippen LogP contribution in [0.1, 0.15) is 25.3 Å². The number of hydrogen-bond acceptors (Lipinski definition) is 6. The smallest absolute Gasteiger partial charge is 0.310 e. The third-order valence-electron chi connectivity index (χ3n) is 4.24. The fourth-order valence-electron chi connectivity index (χ4n) is 3.01. The molecule has 136 valence electrons. The highest BCUT2D eigenvalue weighted by Gasteiger charge is 2.27. The summed E-state index contributed by atoms with van der Waals surface area (Å²) in [5, 5.41) is 18.9. The van der Waals surface area contributed by atoms with Gasteiger partial charge in [0.1, 0.15) is 18.5 Å². The van der Waals surface area contributed by atoms with Crippen molar-refractivity contribution in [1.82, 2.24) is 4.90 Å². The Balaban J connectivity index is 1.74. The average molecular weight is 346 g/mol. The number of rotatable bonds is 8. The molecular formula is C19H26N2O4. The third kappa shape index (κ3) is 6.37. The molecule has 0 radical (unpaired) electrons. The van der Waals surface area contributed by atoms with Crippen molar-refractivity contribution in [2.45, 2.75) is 32.3 Å². The van der Waals surface area contributed by atoms with Crippen molar-refractivity contribution in [3.8, 4) is 11.8 Å².